The zero-order chi connectivity index (χ0) is 16.1. The highest BCUT2D eigenvalue weighted by Crippen LogP contribution is 2.58. The van der Waals surface area contributed by atoms with Crippen molar-refractivity contribution in [1.82, 2.24) is 0 Å². The Kier molecular flexibility index (Phi) is 3.09. The lowest BCUT2D eigenvalue weighted by Crippen LogP contribution is -2.25. The molecule has 0 bridgehead atoms. The van der Waals surface area contributed by atoms with Crippen LogP contribution in [0.25, 0.3) is 0 Å². The molecule has 7 heteroatoms. The standard InChI is InChI=1S/C15H16N2O5/c1-15(2)11(12(15)14(20)21)13(19)16-7-3-4-9-8(5-7)17-10(18)6-22-9/h3-5,11-12H,6H2,1-2H3,(H,16,19)(H,17,18)(H,20,21)/t11-,12+/m1/s1. The van der Waals surface area contributed by atoms with Crippen molar-refractivity contribution < 1.29 is 24.2 Å². The lowest BCUT2D eigenvalue weighted by atomic mass is 10.1. The van der Waals surface area contributed by atoms with Crippen LogP contribution in [0.3, 0.4) is 0 Å². The number of fused-ring (bicyclic) bond motifs is 1. The maximum atomic E-state index is 12.2. The SMILES string of the molecule is CC1(C)[C@H](C(=O)O)[C@@H]1C(=O)Nc1ccc2c(c1)NC(=O)CO2. The molecular formula is C15H16N2O5. The summed E-state index contributed by atoms with van der Waals surface area (Å²) < 4.78 is 5.23. The number of carboxylic acid groups (broad SMARTS) is 1. The van der Waals surface area contributed by atoms with E-state index in [-0.39, 0.29) is 18.4 Å². The molecule has 0 spiro atoms. The van der Waals surface area contributed by atoms with Crippen LogP contribution in [0.4, 0.5) is 11.4 Å². The predicted octanol–water partition coefficient (Wildman–Crippen LogP) is 1.31. The molecule has 2 aliphatic rings. The molecule has 1 aromatic carbocycles. The Morgan fingerprint density at radius 1 is 1.36 bits per heavy atom. The van der Waals surface area contributed by atoms with Gasteiger partial charge in [-0.3, -0.25) is 14.4 Å². The fourth-order valence-corrected chi connectivity index (χ4v) is 2.97. The topological polar surface area (TPSA) is 105 Å². The molecule has 1 heterocycles. The second-order valence-electron chi connectivity index (χ2n) is 6.15. The minimum Gasteiger partial charge on any atom is -0.482 e. The van der Waals surface area contributed by atoms with Gasteiger partial charge in [0, 0.05) is 5.69 Å². The number of rotatable bonds is 3. The highest BCUT2D eigenvalue weighted by molar-refractivity contribution is 6.01. The van der Waals surface area contributed by atoms with Gasteiger partial charge in [-0.1, -0.05) is 13.8 Å². The molecule has 1 aliphatic carbocycles. The maximum absolute atomic E-state index is 12.2. The summed E-state index contributed by atoms with van der Waals surface area (Å²) in [5.41, 5.74) is 0.418. The number of benzene rings is 1. The first-order chi connectivity index (χ1) is 10.3. The normalized spacial score (nSPS) is 24.5. The van der Waals surface area contributed by atoms with E-state index in [4.69, 9.17) is 9.84 Å². The Hall–Kier alpha value is -2.57. The molecule has 0 saturated heterocycles. The number of amides is 2. The number of carbonyl (C=O) groups excluding carboxylic acids is 2. The van der Waals surface area contributed by atoms with Gasteiger partial charge >= 0.3 is 5.97 Å². The molecule has 0 unspecified atom stereocenters. The van der Waals surface area contributed by atoms with E-state index in [0.717, 1.165) is 0 Å². The summed E-state index contributed by atoms with van der Waals surface area (Å²) in [6, 6.07) is 4.89. The van der Waals surface area contributed by atoms with Gasteiger partial charge in [-0.05, 0) is 23.6 Å². The summed E-state index contributed by atoms with van der Waals surface area (Å²) in [5.74, 6) is -2.25. The minimum atomic E-state index is -0.962. The lowest BCUT2D eigenvalue weighted by Gasteiger charge is -2.18. The second-order valence-corrected chi connectivity index (χ2v) is 6.15. The summed E-state index contributed by atoms with van der Waals surface area (Å²) >= 11 is 0. The van der Waals surface area contributed by atoms with E-state index in [9.17, 15) is 14.4 Å². The third kappa shape index (κ3) is 2.28. The van der Waals surface area contributed by atoms with Gasteiger partial charge in [0.2, 0.25) is 5.91 Å². The molecule has 7 nitrogen and oxygen atoms in total. The molecule has 1 saturated carbocycles. The number of carbonyl (C=O) groups is 3. The number of hydrogen-bond donors (Lipinski definition) is 3. The Bertz CT molecular complexity index is 683. The molecule has 22 heavy (non-hydrogen) atoms. The van der Waals surface area contributed by atoms with Gasteiger partial charge in [0.25, 0.3) is 5.91 Å². The van der Waals surface area contributed by atoms with Crippen LogP contribution in [0.5, 0.6) is 5.75 Å². The summed E-state index contributed by atoms with van der Waals surface area (Å²) in [4.78, 5) is 34.7. The molecule has 1 fully saturated rings. The van der Waals surface area contributed by atoms with E-state index in [1.54, 1.807) is 32.0 Å². The number of carboxylic acids is 1. The van der Waals surface area contributed by atoms with Crippen molar-refractivity contribution in [3.63, 3.8) is 0 Å². The fourth-order valence-electron chi connectivity index (χ4n) is 2.97. The summed E-state index contributed by atoms with van der Waals surface area (Å²) in [6.07, 6.45) is 0. The predicted molar refractivity (Wildman–Crippen MR) is 77.6 cm³/mol. The first kappa shape index (κ1) is 14.4. The van der Waals surface area contributed by atoms with Crippen LogP contribution in [0.2, 0.25) is 0 Å². The maximum Gasteiger partial charge on any atom is 0.307 e. The third-order valence-electron chi connectivity index (χ3n) is 4.26. The van der Waals surface area contributed by atoms with Gasteiger partial charge in [0.05, 0.1) is 17.5 Å². The monoisotopic (exact) mass is 304 g/mol. The van der Waals surface area contributed by atoms with Crippen molar-refractivity contribution in [3.8, 4) is 5.75 Å². The fraction of sp³-hybridized carbons (Fsp3) is 0.400. The van der Waals surface area contributed by atoms with Crippen molar-refractivity contribution in [2.75, 3.05) is 17.2 Å². The average molecular weight is 304 g/mol. The number of aliphatic carboxylic acids is 1. The minimum absolute atomic E-state index is 0.0325. The molecule has 0 radical (unpaired) electrons. The first-order valence-electron chi connectivity index (χ1n) is 6.91. The number of nitrogens with one attached hydrogen (secondary N) is 2. The number of anilines is 2. The third-order valence-corrected chi connectivity index (χ3v) is 4.26. The molecule has 1 aliphatic heterocycles. The zero-order valence-corrected chi connectivity index (χ0v) is 12.2. The van der Waals surface area contributed by atoms with E-state index in [1.807, 2.05) is 0 Å². The van der Waals surface area contributed by atoms with Gasteiger partial charge in [-0.2, -0.15) is 0 Å². The van der Waals surface area contributed by atoms with E-state index in [2.05, 4.69) is 10.6 Å². The van der Waals surface area contributed by atoms with Crippen LogP contribution in [0.15, 0.2) is 18.2 Å². The van der Waals surface area contributed by atoms with E-state index in [0.29, 0.717) is 17.1 Å². The molecule has 3 N–H and O–H groups in total. The Morgan fingerprint density at radius 3 is 2.73 bits per heavy atom. The number of ether oxygens (including phenoxy) is 1. The van der Waals surface area contributed by atoms with E-state index >= 15 is 0 Å². The molecule has 2 amide bonds. The van der Waals surface area contributed by atoms with Crippen LogP contribution in [0, 0.1) is 17.3 Å². The first-order valence-corrected chi connectivity index (χ1v) is 6.91. The van der Waals surface area contributed by atoms with Crippen molar-refractivity contribution in [2.24, 2.45) is 17.3 Å². The van der Waals surface area contributed by atoms with Crippen LogP contribution in [0.1, 0.15) is 13.8 Å². The Morgan fingerprint density at radius 2 is 2.09 bits per heavy atom. The van der Waals surface area contributed by atoms with Crippen LogP contribution < -0.4 is 15.4 Å². The Balaban J connectivity index is 1.74. The highest BCUT2D eigenvalue weighted by atomic mass is 16.5. The average Bonchev–Trinajstić information content (AvgIpc) is 3.01. The van der Waals surface area contributed by atoms with Gasteiger partial charge in [-0.15, -0.1) is 0 Å². The van der Waals surface area contributed by atoms with Crippen LogP contribution >= 0.6 is 0 Å². The van der Waals surface area contributed by atoms with Gasteiger partial charge in [0.15, 0.2) is 6.61 Å². The molecule has 116 valence electrons. The Labute approximate surface area is 126 Å². The number of hydrogen-bond acceptors (Lipinski definition) is 4. The van der Waals surface area contributed by atoms with E-state index < -0.39 is 23.2 Å². The molecule has 1 aromatic rings. The molecule has 2 atom stereocenters. The van der Waals surface area contributed by atoms with Crippen molar-refractivity contribution in [3.05, 3.63) is 18.2 Å². The molecule has 0 aromatic heterocycles. The summed E-state index contributed by atoms with van der Waals surface area (Å²) in [6.45, 7) is 3.49. The van der Waals surface area contributed by atoms with Crippen molar-refractivity contribution >= 4 is 29.2 Å². The van der Waals surface area contributed by atoms with E-state index in [1.165, 1.54) is 0 Å². The van der Waals surface area contributed by atoms with Gasteiger partial charge < -0.3 is 20.5 Å². The summed E-state index contributed by atoms with van der Waals surface area (Å²) in [7, 11) is 0. The van der Waals surface area contributed by atoms with Gasteiger partial charge in [-0.25, -0.2) is 0 Å². The lowest BCUT2D eigenvalue weighted by molar-refractivity contribution is -0.140. The molecule has 3 rings (SSSR count). The van der Waals surface area contributed by atoms with Crippen molar-refractivity contribution in [1.29, 1.82) is 0 Å². The second kappa shape index (κ2) is 4.72. The van der Waals surface area contributed by atoms with Crippen LogP contribution in [-0.2, 0) is 14.4 Å². The largest absolute Gasteiger partial charge is 0.482 e. The smallest absolute Gasteiger partial charge is 0.307 e. The quantitative estimate of drug-likeness (QED) is 0.781. The molecular weight excluding hydrogens is 288 g/mol. The van der Waals surface area contributed by atoms with Crippen LogP contribution in [-0.4, -0.2) is 29.5 Å². The van der Waals surface area contributed by atoms with Gasteiger partial charge in [0.1, 0.15) is 5.75 Å². The summed E-state index contributed by atoms with van der Waals surface area (Å²) in [5, 5.41) is 14.5. The van der Waals surface area contributed by atoms with Crippen molar-refractivity contribution in [2.45, 2.75) is 13.8 Å². The zero-order valence-electron chi connectivity index (χ0n) is 12.2. The highest BCUT2D eigenvalue weighted by Gasteiger charge is 2.65.